The molecular weight excluding hydrogens is 370 g/mol. The number of hydrogen-bond acceptors (Lipinski definition) is 4. The molecule has 1 spiro atoms. The summed E-state index contributed by atoms with van der Waals surface area (Å²) in [6.07, 6.45) is 4.13. The number of carbonyl (C=O) groups is 3. The lowest BCUT2D eigenvalue weighted by Gasteiger charge is -2.21. The summed E-state index contributed by atoms with van der Waals surface area (Å²) in [6.45, 7) is 2.57. The van der Waals surface area contributed by atoms with Gasteiger partial charge in [0.2, 0.25) is 5.91 Å². The Labute approximate surface area is 170 Å². The van der Waals surface area contributed by atoms with Gasteiger partial charge in [-0.3, -0.25) is 14.5 Å². The number of imide groups is 1. The normalized spacial score (nSPS) is 18.1. The number of aryl methyl sites for hydroxylation is 1. The van der Waals surface area contributed by atoms with Gasteiger partial charge in [-0.2, -0.15) is 0 Å². The first-order valence-electron chi connectivity index (χ1n) is 10.3. The summed E-state index contributed by atoms with van der Waals surface area (Å²) in [5, 5.41) is 3.87. The molecule has 154 valence electrons. The Kier molecular flexibility index (Phi) is 5.06. The van der Waals surface area contributed by atoms with Gasteiger partial charge in [-0.25, -0.2) is 4.79 Å². The summed E-state index contributed by atoms with van der Waals surface area (Å²) in [6, 6.07) is 7.44. The van der Waals surface area contributed by atoms with Crippen molar-refractivity contribution in [2.75, 3.05) is 13.6 Å². The Morgan fingerprint density at radius 1 is 1.24 bits per heavy atom. The number of nitrogens with one attached hydrogen (secondary N) is 1. The Morgan fingerprint density at radius 3 is 2.69 bits per heavy atom. The van der Waals surface area contributed by atoms with E-state index in [1.54, 1.807) is 11.9 Å². The summed E-state index contributed by atoms with van der Waals surface area (Å²) in [4.78, 5) is 40.5. The molecule has 1 aliphatic carbocycles. The molecule has 1 N–H and O–H groups in total. The van der Waals surface area contributed by atoms with E-state index < -0.39 is 5.54 Å². The van der Waals surface area contributed by atoms with E-state index in [0.717, 1.165) is 41.6 Å². The molecule has 2 aliphatic rings. The minimum atomic E-state index is -0.724. The number of furan rings is 1. The average Bonchev–Trinajstić information content (AvgIpc) is 3.38. The smallest absolute Gasteiger partial charge is 0.325 e. The second kappa shape index (κ2) is 7.54. The summed E-state index contributed by atoms with van der Waals surface area (Å²) >= 11 is 0. The monoisotopic (exact) mass is 397 g/mol. The molecular formula is C22H27N3O4. The number of fused-ring (bicyclic) bond motifs is 1. The SMILES string of the molecule is CCc1oc2ccccc2c1CN(C)C(=O)CCN1C(=O)NC2(CCCC2)C1=O. The third kappa shape index (κ3) is 3.39. The zero-order valence-electron chi connectivity index (χ0n) is 17.0. The highest BCUT2D eigenvalue weighted by atomic mass is 16.3. The van der Waals surface area contributed by atoms with Gasteiger partial charge in [-0.1, -0.05) is 38.0 Å². The molecule has 1 aromatic heterocycles. The number of amides is 4. The van der Waals surface area contributed by atoms with E-state index in [2.05, 4.69) is 5.32 Å². The predicted molar refractivity (Wildman–Crippen MR) is 108 cm³/mol. The zero-order chi connectivity index (χ0) is 20.6. The van der Waals surface area contributed by atoms with Gasteiger partial charge < -0.3 is 14.6 Å². The Balaban J connectivity index is 1.41. The van der Waals surface area contributed by atoms with Crippen molar-refractivity contribution in [3.8, 4) is 0 Å². The van der Waals surface area contributed by atoms with E-state index in [4.69, 9.17) is 4.42 Å². The predicted octanol–water partition coefficient (Wildman–Crippen LogP) is 3.21. The molecule has 2 aromatic rings. The Morgan fingerprint density at radius 2 is 1.97 bits per heavy atom. The molecule has 1 aromatic carbocycles. The van der Waals surface area contributed by atoms with Crippen molar-refractivity contribution in [1.82, 2.24) is 15.1 Å². The highest BCUT2D eigenvalue weighted by Crippen LogP contribution is 2.35. The van der Waals surface area contributed by atoms with Crippen LogP contribution in [0, 0.1) is 0 Å². The van der Waals surface area contributed by atoms with Crippen LogP contribution in [-0.4, -0.2) is 46.8 Å². The third-order valence-corrected chi connectivity index (χ3v) is 6.18. The first-order chi connectivity index (χ1) is 13.9. The number of nitrogens with zero attached hydrogens (tertiary/aromatic N) is 2. The summed E-state index contributed by atoms with van der Waals surface area (Å²) in [5.41, 5.74) is 1.11. The highest BCUT2D eigenvalue weighted by Gasteiger charge is 2.52. The van der Waals surface area contributed by atoms with Crippen LogP contribution < -0.4 is 5.32 Å². The largest absolute Gasteiger partial charge is 0.461 e. The van der Waals surface area contributed by atoms with Crippen molar-refractivity contribution in [3.05, 3.63) is 35.6 Å². The molecule has 2 heterocycles. The van der Waals surface area contributed by atoms with Crippen LogP contribution in [0.4, 0.5) is 4.79 Å². The standard InChI is InChI=1S/C22H27N3O4/c1-3-17-16(15-8-4-5-9-18(15)29-17)14-24(2)19(26)10-13-25-20(27)22(23-21(25)28)11-6-7-12-22/h4-5,8-9H,3,6-7,10-14H2,1-2H3,(H,23,28). The molecule has 1 saturated heterocycles. The van der Waals surface area contributed by atoms with E-state index in [0.29, 0.717) is 19.4 Å². The molecule has 7 nitrogen and oxygen atoms in total. The minimum Gasteiger partial charge on any atom is -0.461 e. The zero-order valence-corrected chi connectivity index (χ0v) is 17.0. The van der Waals surface area contributed by atoms with E-state index in [1.807, 2.05) is 31.2 Å². The van der Waals surface area contributed by atoms with Crippen molar-refractivity contribution in [2.45, 2.75) is 57.5 Å². The molecule has 2 fully saturated rings. The average molecular weight is 397 g/mol. The lowest BCUT2D eigenvalue weighted by atomic mass is 9.98. The van der Waals surface area contributed by atoms with Crippen molar-refractivity contribution in [2.24, 2.45) is 0 Å². The maximum Gasteiger partial charge on any atom is 0.325 e. The van der Waals surface area contributed by atoms with Crippen LogP contribution in [-0.2, 0) is 22.6 Å². The molecule has 0 unspecified atom stereocenters. The van der Waals surface area contributed by atoms with Crippen molar-refractivity contribution < 1.29 is 18.8 Å². The molecule has 4 rings (SSSR count). The van der Waals surface area contributed by atoms with Gasteiger partial charge in [0, 0.05) is 43.9 Å². The van der Waals surface area contributed by atoms with Crippen molar-refractivity contribution in [1.29, 1.82) is 0 Å². The number of rotatable bonds is 6. The summed E-state index contributed by atoms with van der Waals surface area (Å²) in [5.74, 6) is 0.595. The van der Waals surface area contributed by atoms with Gasteiger partial charge in [0.25, 0.3) is 5.91 Å². The van der Waals surface area contributed by atoms with Crippen LogP contribution in [0.1, 0.15) is 50.4 Å². The number of urea groups is 1. The molecule has 0 atom stereocenters. The van der Waals surface area contributed by atoms with Crippen LogP contribution in [0.2, 0.25) is 0 Å². The highest BCUT2D eigenvalue weighted by molar-refractivity contribution is 6.07. The van der Waals surface area contributed by atoms with E-state index in [-0.39, 0.29) is 30.8 Å². The molecule has 0 radical (unpaired) electrons. The van der Waals surface area contributed by atoms with Crippen molar-refractivity contribution in [3.63, 3.8) is 0 Å². The Hall–Kier alpha value is -2.83. The summed E-state index contributed by atoms with van der Waals surface area (Å²) in [7, 11) is 1.74. The molecule has 4 amide bonds. The lowest BCUT2D eigenvalue weighted by Crippen LogP contribution is -2.44. The van der Waals surface area contributed by atoms with E-state index in [9.17, 15) is 14.4 Å². The quantitative estimate of drug-likeness (QED) is 0.759. The fraction of sp³-hybridized carbons (Fsp3) is 0.500. The fourth-order valence-electron chi connectivity index (χ4n) is 4.53. The molecule has 7 heteroatoms. The van der Waals surface area contributed by atoms with Crippen LogP contribution in [0.15, 0.2) is 28.7 Å². The van der Waals surface area contributed by atoms with E-state index in [1.165, 1.54) is 4.90 Å². The van der Waals surface area contributed by atoms with Gasteiger partial charge in [-0.05, 0) is 18.9 Å². The number of carbonyl (C=O) groups excluding carboxylic acids is 3. The maximum absolute atomic E-state index is 12.7. The lowest BCUT2D eigenvalue weighted by molar-refractivity contribution is -0.133. The second-order valence-corrected chi connectivity index (χ2v) is 8.03. The van der Waals surface area contributed by atoms with Gasteiger partial charge in [-0.15, -0.1) is 0 Å². The Bertz CT molecular complexity index is 958. The van der Waals surface area contributed by atoms with Crippen molar-refractivity contribution >= 4 is 28.8 Å². The minimum absolute atomic E-state index is 0.106. The number of hydrogen-bond donors (Lipinski definition) is 1. The van der Waals surface area contributed by atoms with Crippen LogP contribution >= 0.6 is 0 Å². The second-order valence-electron chi connectivity index (χ2n) is 8.03. The van der Waals surface area contributed by atoms with Gasteiger partial charge >= 0.3 is 6.03 Å². The van der Waals surface area contributed by atoms with E-state index >= 15 is 0 Å². The molecule has 1 saturated carbocycles. The van der Waals surface area contributed by atoms with Gasteiger partial charge in [0.15, 0.2) is 0 Å². The van der Waals surface area contributed by atoms with Crippen LogP contribution in [0.25, 0.3) is 11.0 Å². The first-order valence-corrected chi connectivity index (χ1v) is 10.3. The number of benzene rings is 1. The van der Waals surface area contributed by atoms with Gasteiger partial charge in [0.1, 0.15) is 16.9 Å². The van der Waals surface area contributed by atoms with Gasteiger partial charge in [0.05, 0.1) is 0 Å². The molecule has 0 bridgehead atoms. The topological polar surface area (TPSA) is 82.9 Å². The maximum atomic E-state index is 12.7. The van der Waals surface area contributed by atoms with Crippen LogP contribution in [0.3, 0.4) is 0 Å². The molecule has 1 aliphatic heterocycles. The summed E-state index contributed by atoms with van der Waals surface area (Å²) < 4.78 is 5.91. The molecule has 29 heavy (non-hydrogen) atoms. The third-order valence-electron chi connectivity index (χ3n) is 6.18. The number of para-hydroxylation sites is 1. The first kappa shape index (κ1) is 19.5. The van der Waals surface area contributed by atoms with Crippen LogP contribution in [0.5, 0.6) is 0 Å². The fourth-order valence-corrected chi connectivity index (χ4v) is 4.53.